The van der Waals surface area contributed by atoms with Crippen LogP contribution in [0, 0.1) is 0 Å². The quantitative estimate of drug-likeness (QED) is 0.251. The molecule has 6 heteroatoms. The lowest BCUT2D eigenvalue weighted by molar-refractivity contribution is 0.398. The molecular formula is C31H26N2O4. The predicted molar refractivity (Wildman–Crippen MR) is 147 cm³/mol. The van der Waals surface area contributed by atoms with E-state index < -0.39 is 0 Å². The fraction of sp³-hybridized carbons (Fsp3) is 0.129. The summed E-state index contributed by atoms with van der Waals surface area (Å²) in [6.45, 7) is 0. The molecule has 4 aromatic carbocycles. The molecule has 0 aliphatic carbocycles. The first-order valence-corrected chi connectivity index (χ1v) is 11.9. The third-order valence-corrected chi connectivity index (χ3v) is 6.81. The first-order chi connectivity index (χ1) is 18.2. The number of imidazole rings is 1. The van der Waals surface area contributed by atoms with Gasteiger partial charge >= 0.3 is 0 Å². The van der Waals surface area contributed by atoms with Gasteiger partial charge in [-0.15, -0.1) is 0 Å². The van der Waals surface area contributed by atoms with E-state index in [1.54, 1.807) is 28.4 Å². The van der Waals surface area contributed by atoms with Crippen molar-refractivity contribution in [1.82, 2.24) is 9.38 Å². The van der Waals surface area contributed by atoms with E-state index in [-0.39, 0.29) is 0 Å². The van der Waals surface area contributed by atoms with E-state index in [1.165, 1.54) is 0 Å². The van der Waals surface area contributed by atoms with Crippen LogP contribution >= 0.6 is 0 Å². The summed E-state index contributed by atoms with van der Waals surface area (Å²) in [5.41, 5.74) is 6.85. The topological polar surface area (TPSA) is 54.2 Å². The monoisotopic (exact) mass is 490 g/mol. The van der Waals surface area contributed by atoms with Crippen molar-refractivity contribution in [3.63, 3.8) is 0 Å². The van der Waals surface area contributed by atoms with Crippen LogP contribution in [0.3, 0.4) is 0 Å². The van der Waals surface area contributed by atoms with Crippen molar-refractivity contribution < 1.29 is 18.9 Å². The maximum atomic E-state index is 5.99. The molecule has 0 bridgehead atoms. The summed E-state index contributed by atoms with van der Waals surface area (Å²) >= 11 is 0. The van der Waals surface area contributed by atoms with E-state index >= 15 is 0 Å². The van der Waals surface area contributed by atoms with Gasteiger partial charge in [0.05, 0.1) is 39.5 Å². The Morgan fingerprint density at radius 1 is 0.622 bits per heavy atom. The Kier molecular flexibility index (Phi) is 5.57. The number of nitrogens with zero attached hydrogens (tertiary/aromatic N) is 2. The second-order valence-corrected chi connectivity index (χ2v) is 8.70. The molecule has 0 aliphatic rings. The highest BCUT2D eigenvalue weighted by molar-refractivity contribution is 6.22. The van der Waals surface area contributed by atoms with Gasteiger partial charge in [-0.3, -0.25) is 4.40 Å². The number of methoxy groups -OCH3 is 4. The molecule has 0 atom stereocenters. The highest BCUT2D eigenvalue weighted by Gasteiger charge is 2.24. The van der Waals surface area contributed by atoms with Crippen LogP contribution in [0.5, 0.6) is 23.0 Å². The maximum Gasteiger partial charge on any atom is 0.137 e. The summed E-state index contributed by atoms with van der Waals surface area (Å²) in [6, 6.07) is 26.2. The van der Waals surface area contributed by atoms with Crippen LogP contribution in [0.15, 0.2) is 85.1 Å². The SMILES string of the molecule is COc1ccc(-c2c(-c3ccc(OC)cc3)c3c(OC)cc(OC)cc3c3c2nc2ccccn23)cc1. The Hall–Kier alpha value is -4.71. The Morgan fingerprint density at radius 3 is 1.84 bits per heavy atom. The molecule has 0 fully saturated rings. The van der Waals surface area contributed by atoms with Crippen LogP contribution in [0.25, 0.3) is 49.7 Å². The normalized spacial score (nSPS) is 11.2. The van der Waals surface area contributed by atoms with Crippen molar-refractivity contribution in [3.05, 3.63) is 85.1 Å². The number of aromatic nitrogens is 2. The molecule has 6 aromatic rings. The number of pyridine rings is 1. The van der Waals surface area contributed by atoms with Crippen molar-refractivity contribution in [3.8, 4) is 45.3 Å². The molecule has 0 unspecified atom stereocenters. The second kappa shape index (κ2) is 9.06. The van der Waals surface area contributed by atoms with Gasteiger partial charge in [0.25, 0.3) is 0 Å². The lowest BCUT2D eigenvalue weighted by Crippen LogP contribution is -1.97. The first kappa shape index (κ1) is 22.7. The van der Waals surface area contributed by atoms with Crippen molar-refractivity contribution in [2.24, 2.45) is 0 Å². The molecule has 184 valence electrons. The number of hydrogen-bond donors (Lipinski definition) is 0. The highest BCUT2D eigenvalue weighted by Crippen LogP contribution is 2.49. The fourth-order valence-electron chi connectivity index (χ4n) is 5.07. The third-order valence-electron chi connectivity index (χ3n) is 6.81. The fourth-order valence-corrected chi connectivity index (χ4v) is 5.07. The molecule has 0 spiro atoms. The molecule has 0 saturated carbocycles. The van der Waals surface area contributed by atoms with Gasteiger partial charge in [-0.05, 0) is 53.6 Å². The summed E-state index contributed by atoms with van der Waals surface area (Å²) in [6.07, 6.45) is 2.04. The third kappa shape index (κ3) is 3.61. The minimum atomic E-state index is 0.717. The summed E-state index contributed by atoms with van der Waals surface area (Å²) in [5, 5.41) is 1.98. The lowest BCUT2D eigenvalue weighted by atomic mass is 9.87. The molecular weight excluding hydrogens is 464 g/mol. The number of benzene rings is 4. The molecule has 37 heavy (non-hydrogen) atoms. The van der Waals surface area contributed by atoms with Crippen LogP contribution in [0.2, 0.25) is 0 Å². The van der Waals surface area contributed by atoms with E-state index in [0.717, 1.165) is 72.7 Å². The lowest BCUT2D eigenvalue weighted by Gasteiger charge is -2.19. The molecule has 2 heterocycles. The summed E-state index contributed by atoms with van der Waals surface area (Å²) < 4.78 is 24.7. The Balaban J connectivity index is 1.87. The Bertz CT molecular complexity index is 1750. The largest absolute Gasteiger partial charge is 0.497 e. The van der Waals surface area contributed by atoms with E-state index in [1.807, 2.05) is 54.7 Å². The van der Waals surface area contributed by atoms with Crippen LogP contribution in [0.1, 0.15) is 0 Å². The highest BCUT2D eigenvalue weighted by atomic mass is 16.5. The average molecular weight is 491 g/mol. The van der Waals surface area contributed by atoms with Crippen LogP contribution in [0.4, 0.5) is 0 Å². The number of rotatable bonds is 6. The van der Waals surface area contributed by atoms with Gasteiger partial charge in [0.15, 0.2) is 0 Å². The first-order valence-electron chi connectivity index (χ1n) is 11.9. The molecule has 0 amide bonds. The molecule has 0 radical (unpaired) electrons. The molecule has 6 rings (SSSR count). The Labute approximate surface area is 214 Å². The van der Waals surface area contributed by atoms with Crippen molar-refractivity contribution in [1.29, 1.82) is 0 Å². The second-order valence-electron chi connectivity index (χ2n) is 8.70. The molecule has 0 saturated heterocycles. The van der Waals surface area contributed by atoms with Gasteiger partial charge in [-0.25, -0.2) is 4.98 Å². The van der Waals surface area contributed by atoms with E-state index in [4.69, 9.17) is 23.9 Å². The van der Waals surface area contributed by atoms with Crippen LogP contribution in [-0.4, -0.2) is 37.8 Å². The smallest absolute Gasteiger partial charge is 0.137 e. The summed E-state index contributed by atoms with van der Waals surface area (Å²) in [4.78, 5) is 5.14. The summed E-state index contributed by atoms with van der Waals surface area (Å²) in [7, 11) is 6.71. The van der Waals surface area contributed by atoms with E-state index in [2.05, 4.69) is 34.7 Å². The van der Waals surface area contributed by atoms with Crippen LogP contribution < -0.4 is 18.9 Å². The van der Waals surface area contributed by atoms with Gasteiger partial charge in [0.2, 0.25) is 0 Å². The minimum Gasteiger partial charge on any atom is -0.497 e. The minimum absolute atomic E-state index is 0.717. The summed E-state index contributed by atoms with van der Waals surface area (Å²) in [5.74, 6) is 3.03. The number of fused-ring (bicyclic) bond motifs is 5. The van der Waals surface area contributed by atoms with E-state index in [9.17, 15) is 0 Å². The zero-order chi connectivity index (χ0) is 25.5. The van der Waals surface area contributed by atoms with Gasteiger partial charge in [-0.1, -0.05) is 30.3 Å². The molecule has 2 aromatic heterocycles. The van der Waals surface area contributed by atoms with Crippen molar-refractivity contribution in [2.75, 3.05) is 28.4 Å². The van der Waals surface area contributed by atoms with Gasteiger partial charge in [0.1, 0.15) is 28.6 Å². The Morgan fingerprint density at radius 2 is 1.24 bits per heavy atom. The average Bonchev–Trinajstić information content (AvgIpc) is 3.35. The van der Waals surface area contributed by atoms with E-state index in [0.29, 0.717) is 0 Å². The van der Waals surface area contributed by atoms with Gasteiger partial charge < -0.3 is 18.9 Å². The van der Waals surface area contributed by atoms with Gasteiger partial charge in [0, 0.05) is 34.2 Å². The maximum absolute atomic E-state index is 5.99. The van der Waals surface area contributed by atoms with Crippen molar-refractivity contribution >= 4 is 27.5 Å². The van der Waals surface area contributed by atoms with Gasteiger partial charge in [-0.2, -0.15) is 0 Å². The molecule has 0 aliphatic heterocycles. The zero-order valence-electron chi connectivity index (χ0n) is 21.1. The number of ether oxygens (including phenoxy) is 4. The predicted octanol–water partition coefficient (Wildman–Crippen LogP) is 7.01. The molecule has 0 N–H and O–H groups in total. The number of hydrogen-bond acceptors (Lipinski definition) is 5. The molecule has 6 nitrogen and oxygen atoms in total. The zero-order valence-corrected chi connectivity index (χ0v) is 21.1. The standard InChI is InChI=1S/C31H26N2O4/c1-34-21-12-8-19(9-13-21)27-28(20-10-14-22(35-2)15-11-20)30-31(33-16-6-5-7-26(33)32-30)24-17-23(36-3)18-25(37-4)29(24)27/h5-18H,1-4H3. The van der Waals surface area contributed by atoms with Crippen LogP contribution in [-0.2, 0) is 0 Å². The van der Waals surface area contributed by atoms with Crippen molar-refractivity contribution in [2.45, 2.75) is 0 Å².